The van der Waals surface area contributed by atoms with E-state index in [0.29, 0.717) is 12.1 Å². The maximum Gasteiger partial charge on any atom is 0.0985 e. The highest BCUT2D eigenvalue weighted by atomic mass is 32.1. The topological polar surface area (TPSA) is 24.9 Å². The summed E-state index contributed by atoms with van der Waals surface area (Å²) in [5, 5.41) is 4.99. The Morgan fingerprint density at radius 1 is 1.33 bits per heavy atom. The van der Waals surface area contributed by atoms with Crippen LogP contribution in [0, 0.1) is 0 Å². The van der Waals surface area contributed by atoms with Crippen LogP contribution in [-0.2, 0) is 11.8 Å². The van der Waals surface area contributed by atoms with E-state index in [1.54, 1.807) is 0 Å². The Bertz CT molecular complexity index is 389. The van der Waals surface area contributed by atoms with Crippen LogP contribution in [0.5, 0.6) is 0 Å². The quantitative estimate of drug-likeness (QED) is 0.730. The Morgan fingerprint density at radius 3 is 2.87 bits per heavy atom. The summed E-state index contributed by atoms with van der Waals surface area (Å²) in [5.41, 5.74) is 1.59. The normalized spacial score (nSPS) is 29.3. The maximum atomic E-state index is 4.84. The first-order valence-corrected chi connectivity index (χ1v) is 6.62. The fraction of sp³-hybridized carbons (Fsp3) is 0.750. The first kappa shape index (κ1) is 9.79. The highest BCUT2D eigenvalue weighted by Gasteiger charge is 2.36. The molecular weight excluding hydrogens is 204 g/mol. The molecule has 0 aromatic carbocycles. The summed E-state index contributed by atoms with van der Waals surface area (Å²) in [7, 11) is 0. The first-order valence-electron chi connectivity index (χ1n) is 5.80. The zero-order valence-electron chi connectivity index (χ0n) is 9.63. The van der Waals surface area contributed by atoms with Crippen LogP contribution >= 0.6 is 11.3 Å². The summed E-state index contributed by atoms with van der Waals surface area (Å²) in [6, 6.07) is 1.32. The Labute approximate surface area is 95.1 Å². The first-order chi connectivity index (χ1) is 7.04. The SMILES string of the molecule is CC(C)(C)c1nc2c(s1)C1CCC(C2)N1. The van der Waals surface area contributed by atoms with E-state index in [-0.39, 0.29) is 5.41 Å². The third-order valence-electron chi connectivity index (χ3n) is 3.37. The summed E-state index contributed by atoms with van der Waals surface area (Å²) >= 11 is 1.93. The molecule has 2 nitrogen and oxygen atoms in total. The van der Waals surface area contributed by atoms with E-state index in [1.807, 2.05) is 11.3 Å². The second-order valence-electron chi connectivity index (χ2n) is 5.78. The molecule has 0 radical (unpaired) electrons. The van der Waals surface area contributed by atoms with Gasteiger partial charge in [-0.15, -0.1) is 11.3 Å². The average Bonchev–Trinajstić information content (AvgIpc) is 2.70. The molecule has 2 bridgehead atoms. The van der Waals surface area contributed by atoms with Crippen molar-refractivity contribution >= 4 is 11.3 Å². The summed E-state index contributed by atoms with van der Waals surface area (Å²) in [4.78, 5) is 6.36. The second-order valence-corrected chi connectivity index (χ2v) is 6.81. The van der Waals surface area contributed by atoms with Crippen molar-refractivity contribution in [2.24, 2.45) is 0 Å². The van der Waals surface area contributed by atoms with Gasteiger partial charge in [-0.25, -0.2) is 4.98 Å². The number of hydrogen-bond acceptors (Lipinski definition) is 3. The van der Waals surface area contributed by atoms with Gasteiger partial charge in [0.15, 0.2) is 0 Å². The largest absolute Gasteiger partial charge is 0.306 e. The highest BCUT2D eigenvalue weighted by molar-refractivity contribution is 7.12. The molecule has 1 aromatic heterocycles. The monoisotopic (exact) mass is 222 g/mol. The van der Waals surface area contributed by atoms with E-state index in [0.717, 1.165) is 6.42 Å². The fourth-order valence-electron chi connectivity index (χ4n) is 2.52. The van der Waals surface area contributed by atoms with Crippen LogP contribution < -0.4 is 5.32 Å². The highest BCUT2D eigenvalue weighted by Crippen LogP contribution is 2.41. The van der Waals surface area contributed by atoms with Crippen molar-refractivity contribution in [2.45, 2.75) is 57.5 Å². The van der Waals surface area contributed by atoms with Crippen LogP contribution in [-0.4, -0.2) is 11.0 Å². The molecule has 0 spiro atoms. The van der Waals surface area contributed by atoms with Crippen LogP contribution in [0.3, 0.4) is 0 Å². The Balaban J connectivity index is 2.03. The van der Waals surface area contributed by atoms with Gasteiger partial charge in [-0.3, -0.25) is 0 Å². The van der Waals surface area contributed by atoms with Crippen LogP contribution in [0.25, 0.3) is 0 Å². The molecule has 0 amide bonds. The summed E-state index contributed by atoms with van der Waals surface area (Å²) in [6.07, 6.45) is 3.79. The lowest BCUT2D eigenvalue weighted by Gasteiger charge is -2.19. The van der Waals surface area contributed by atoms with E-state index in [1.165, 1.54) is 28.4 Å². The van der Waals surface area contributed by atoms with E-state index in [2.05, 4.69) is 26.1 Å². The Morgan fingerprint density at radius 2 is 2.13 bits per heavy atom. The van der Waals surface area contributed by atoms with Crippen LogP contribution in [0.1, 0.15) is 55.2 Å². The van der Waals surface area contributed by atoms with Gasteiger partial charge < -0.3 is 5.32 Å². The fourth-order valence-corrected chi connectivity index (χ4v) is 3.77. The number of nitrogens with zero attached hydrogens (tertiary/aromatic N) is 1. The third-order valence-corrected chi connectivity index (χ3v) is 5.00. The summed E-state index contributed by atoms with van der Waals surface area (Å²) < 4.78 is 0. The number of hydrogen-bond donors (Lipinski definition) is 1. The molecule has 2 unspecified atom stereocenters. The standard InChI is InChI=1S/C12H18N2S/c1-12(2,3)11-14-9-6-7-4-5-8(13-7)10(9)15-11/h7-8,13H,4-6H2,1-3H3. The van der Waals surface area contributed by atoms with Gasteiger partial charge in [0.1, 0.15) is 0 Å². The molecule has 0 saturated carbocycles. The lowest BCUT2D eigenvalue weighted by atomic mass is 9.98. The summed E-state index contributed by atoms with van der Waals surface area (Å²) in [6.45, 7) is 6.76. The minimum atomic E-state index is 0.210. The predicted octanol–water partition coefficient (Wildman–Crippen LogP) is 2.79. The minimum Gasteiger partial charge on any atom is -0.306 e. The number of aromatic nitrogens is 1. The van der Waals surface area contributed by atoms with Gasteiger partial charge in [0, 0.05) is 28.8 Å². The number of nitrogens with one attached hydrogen (secondary N) is 1. The van der Waals surface area contributed by atoms with Crippen molar-refractivity contribution in [2.75, 3.05) is 0 Å². The van der Waals surface area contributed by atoms with Gasteiger partial charge >= 0.3 is 0 Å². The van der Waals surface area contributed by atoms with Gasteiger partial charge in [-0.05, 0) is 12.8 Å². The molecule has 3 rings (SSSR count). The van der Waals surface area contributed by atoms with Crippen molar-refractivity contribution in [3.8, 4) is 0 Å². The van der Waals surface area contributed by atoms with Gasteiger partial charge in [0.25, 0.3) is 0 Å². The Kier molecular flexibility index (Phi) is 1.99. The predicted molar refractivity (Wildman–Crippen MR) is 63.4 cm³/mol. The second kappa shape index (κ2) is 3.05. The maximum absolute atomic E-state index is 4.84. The van der Waals surface area contributed by atoms with Crippen molar-refractivity contribution in [3.63, 3.8) is 0 Å². The van der Waals surface area contributed by atoms with E-state index >= 15 is 0 Å². The molecule has 82 valence electrons. The molecular formula is C12H18N2S. The lowest BCUT2D eigenvalue weighted by Crippen LogP contribution is -2.31. The van der Waals surface area contributed by atoms with Gasteiger partial charge in [-0.1, -0.05) is 20.8 Å². The molecule has 0 aliphatic carbocycles. The number of thiazole rings is 1. The van der Waals surface area contributed by atoms with Crippen molar-refractivity contribution in [1.82, 2.24) is 10.3 Å². The molecule has 2 atom stereocenters. The van der Waals surface area contributed by atoms with Crippen LogP contribution in [0.4, 0.5) is 0 Å². The number of fused-ring (bicyclic) bond motifs is 4. The molecule has 3 heteroatoms. The van der Waals surface area contributed by atoms with Crippen molar-refractivity contribution < 1.29 is 0 Å². The lowest BCUT2D eigenvalue weighted by molar-refractivity contribution is 0.512. The zero-order chi connectivity index (χ0) is 10.6. The Hall–Kier alpha value is -0.410. The van der Waals surface area contributed by atoms with Crippen LogP contribution in [0.2, 0.25) is 0 Å². The molecule has 1 aromatic rings. The molecule has 2 aliphatic heterocycles. The van der Waals surface area contributed by atoms with Crippen LogP contribution in [0.15, 0.2) is 0 Å². The van der Waals surface area contributed by atoms with Gasteiger partial charge in [-0.2, -0.15) is 0 Å². The zero-order valence-corrected chi connectivity index (χ0v) is 10.4. The minimum absolute atomic E-state index is 0.210. The molecule has 15 heavy (non-hydrogen) atoms. The average molecular weight is 222 g/mol. The molecule has 1 N–H and O–H groups in total. The van der Waals surface area contributed by atoms with Gasteiger partial charge in [0.05, 0.1) is 10.7 Å². The molecule has 1 saturated heterocycles. The number of rotatable bonds is 0. The molecule has 3 heterocycles. The van der Waals surface area contributed by atoms with Gasteiger partial charge in [0.2, 0.25) is 0 Å². The third kappa shape index (κ3) is 1.53. The van der Waals surface area contributed by atoms with Crippen molar-refractivity contribution in [3.05, 3.63) is 15.6 Å². The van der Waals surface area contributed by atoms with E-state index in [9.17, 15) is 0 Å². The molecule has 2 aliphatic rings. The molecule has 1 fully saturated rings. The summed E-state index contributed by atoms with van der Waals surface area (Å²) in [5.74, 6) is 0. The van der Waals surface area contributed by atoms with Crippen molar-refractivity contribution in [1.29, 1.82) is 0 Å². The van der Waals surface area contributed by atoms with E-state index < -0.39 is 0 Å². The smallest absolute Gasteiger partial charge is 0.0985 e. The van der Waals surface area contributed by atoms with E-state index in [4.69, 9.17) is 4.98 Å².